The van der Waals surface area contributed by atoms with E-state index in [9.17, 15) is 4.79 Å². The van der Waals surface area contributed by atoms with Crippen molar-refractivity contribution in [2.24, 2.45) is 0 Å². The van der Waals surface area contributed by atoms with E-state index in [0.717, 1.165) is 0 Å². The summed E-state index contributed by atoms with van der Waals surface area (Å²) in [5.41, 5.74) is 0.0150. The SMILES string of the molecule is C#CC(CC)Nc1ncc(Cl)cc1C(=O)O. The predicted octanol–water partition coefficient (Wildman–Crippen LogP) is 2.26. The molecule has 1 rings (SSSR count). The van der Waals surface area contributed by atoms with Gasteiger partial charge in [0, 0.05) is 6.20 Å². The largest absolute Gasteiger partial charge is 0.478 e. The summed E-state index contributed by atoms with van der Waals surface area (Å²) in [6, 6.07) is 1.09. The third-order valence-electron chi connectivity index (χ3n) is 2.01. The third-order valence-corrected chi connectivity index (χ3v) is 2.21. The van der Waals surface area contributed by atoms with Crippen molar-refractivity contribution in [3.63, 3.8) is 0 Å². The molecule has 1 heterocycles. The predicted molar refractivity (Wildman–Crippen MR) is 62.7 cm³/mol. The van der Waals surface area contributed by atoms with Crippen LogP contribution in [0.3, 0.4) is 0 Å². The lowest BCUT2D eigenvalue weighted by Gasteiger charge is -2.13. The summed E-state index contributed by atoms with van der Waals surface area (Å²) in [5, 5.41) is 12.1. The molecule has 0 aliphatic carbocycles. The van der Waals surface area contributed by atoms with Gasteiger partial charge < -0.3 is 10.4 Å². The zero-order chi connectivity index (χ0) is 12.1. The Labute approximate surface area is 98.6 Å². The van der Waals surface area contributed by atoms with E-state index in [0.29, 0.717) is 6.42 Å². The molecule has 0 saturated heterocycles. The standard InChI is InChI=1S/C11H11ClN2O2/c1-3-8(4-2)14-10-9(11(15)16)5-7(12)6-13-10/h1,5-6,8H,4H2,2H3,(H,13,14)(H,15,16). The minimum Gasteiger partial charge on any atom is -0.478 e. The summed E-state index contributed by atoms with van der Waals surface area (Å²) in [4.78, 5) is 14.9. The van der Waals surface area contributed by atoms with Gasteiger partial charge in [0.25, 0.3) is 0 Å². The maximum Gasteiger partial charge on any atom is 0.339 e. The van der Waals surface area contributed by atoms with Gasteiger partial charge in [-0.3, -0.25) is 0 Å². The Morgan fingerprint density at radius 3 is 3.00 bits per heavy atom. The van der Waals surface area contributed by atoms with Crippen molar-refractivity contribution in [2.45, 2.75) is 19.4 Å². The van der Waals surface area contributed by atoms with Crippen molar-refractivity contribution in [3.8, 4) is 12.3 Å². The quantitative estimate of drug-likeness (QED) is 0.790. The lowest BCUT2D eigenvalue weighted by atomic mass is 10.2. The number of aromatic carboxylic acids is 1. The van der Waals surface area contributed by atoms with Crippen molar-refractivity contribution in [3.05, 3.63) is 22.8 Å². The fourth-order valence-corrected chi connectivity index (χ4v) is 1.30. The molecule has 0 radical (unpaired) electrons. The summed E-state index contributed by atoms with van der Waals surface area (Å²) >= 11 is 5.67. The second-order valence-electron chi connectivity index (χ2n) is 3.13. The Bertz CT molecular complexity index is 440. The molecule has 0 aliphatic heterocycles. The number of halogens is 1. The van der Waals surface area contributed by atoms with Crippen LogP contribution in [0.4, 0.5) is 5.82 Å². The number of aromatic nitrogens is 1. The van der Waals surface area contributed by atoms with Gasteiger partial charge >= 0.3 is 5.97 Å². The molecular formula is C11H11ClN2O2. The van der Waals surface area contributed by atoms with Gasteiger partial charge in [-0.25, -0.2) is 9.78 Å². The topological polar surface area (TPSA) is 62.2 Å². The molecule has 0 bridgehead atoms. The highest BCUT2D eigenvalue weighted by Crippen LogP contribution is 2.18. The van der Waals surface area contributed by atoms with Crippen LogP contribution in [0.15, 0.2) is 12.3 Å². The van der Waals surface area contributed by atoms with Gasteiger partial charge in [0.15, 0.2) is 0 Å². The summed E-state index contributed by atoms with van der Waals surface area (Å²) in [5.74, 6) is 1.65. The first-order chi connectivity index (χ1) is 7.58. The number of hydrogen-bond acceptors (Lipinski definition) is 3. The molecule has 0 aliphatic rings. The molecule has 84 valence electrons. The number of hydrogen-bond donors (Lipinski definition) is 2. The van der Waals surface area contributed by atoms with Crippen LogP contribution < -0.4 is 5.32 Å². The molecule has 1 unspecified atom stereocenters. The second kappa shape index (κ2) is 5.38. The van der Waals surface area contributed by atoms with Crippen LogP contribution >= 0.6 is 11.6 Å². The summed E-state index contributed by atoms with van der Waals surface area (Å²) in [7, 11) is 0. The number of nitrogens with zero attached hydrogens (tertiary/aromatic N) is 1. The Balaban J connectivity index is 3.04. The minimum absolute atomic E-state index is 0.0150. The molecule has 1 atom stereocenters. The van der Waals surface area contributed by atoms with Crippen LogP contribution in [-0.2, 0) is 0 Å². The Morgan fingerprint density at radius 2 is 2.50 bits per heavy atom. The second-order valence-corrected chi connectivity index (χ2v) is 3.56. The van der Waals surface area contributed by atoms with E-state index in [1.807, 2.05) is 6.92 Å². The molecule has 4 nitrogen and oxygen atoms in total. The Hall–Kier alpha value is -1.73. The molecule has 5 heteroatoms. The molecular weight excluding hydrogens is 228 g/mol. The number of terminal acetylenes is 1. The molecule has 0 amide bonds. The monoisotopic (exact) mass is 238 g/mol. The number of nitrogens with one attached hydrogen (secondary N) is 1. The number of carboxylic acids is 1. The van der Waals surface area contributed by atoms with Crippen molar-refractivity contribution in [1.29, 1.82) is 0 Å². The van der Waals surface area contributed by atoms with E-state index in [4.69, 9.17) is 23.1 Å². The highest BCUT2D eigenvalue weighted by atomic mass is 35.5. The van der Waals surface area contributed by atoms with E-state index in [1.54, 1.807) is 0 Å². The summed E-state index contributed by atoms with van der Waals surface area (Å²) in [6.45, 7) is 1.90. The van der Waals surface area contributed by atoms with E-state index in [-0.39, 0.29) is 22.4 Å². The summed E-state index contributed by atoms with van der Waals surface area (Å²) in [6.07, 6.45) is 7.33. The maximum atomic E-state index is 10.9. The lowest BCUT2D eigenvalue weighted by molar-refractivity contribution is 0.0697. The summed E-state index contributed by atoms with van der Waals surface area (Å²) < 4.78 is 0. The van der Waals surface area contributed by atoms with Gasteiger partial charge in [-0.2, -0.15) is 0 Å². The molecule has 1 aromatic heterocycles. The third kappa shape index (κ3) is 2.88. The average Bonchev–Trinajstić information content (AvgIpc) is 2.27. The molecule has 16 heavy (non-hydrogen) atoms. The zero-order valence-electron chi connectivity index (χ0n) is 8.70. The van der Waals surface area contributed by atoms with Gasteiger partial charge in [0.1, 0.15) is 11.4 Å². The van der Waals surface area contributed by atoms with Gasteiger partial charge in [0.05, 0.1) is 11.1 Å². The number of carboxylic acid groups (broad SMARTS) is 1. The Morgan fingerprint density at radius 1 is 1.81 bits per heavy atom. The van der Waals surface area contributed by atoms with Crippen molar-refractivity contribution >= 4 is 23.4 Å². The minimum atomic E-state index is -1.09. The number of rotatable bonds is 4. The van der Waals surface area contributed by atoms with E-state index in [2.05, 4.69) is 16.2 Å². The zero-order valence-corrected chi connectivity index (χ0v) is 9.45. The molecule has 1 aromatic rings. The number of pyridine rings is 1. The van der Waals surface area contributed by atoms with Crippen molar-refractivity contribution in [2.75, 3.05) is 5.32 Å². The first kappa shape index (κ1) is 12.3. The lowest BCUT2D eigenvalue weighted by Crippen LogP contribution is -2.19. The van der Waals surface area contributed by atoms with Crippen LogP contribution in [-0.4, -0.2) is 22.1 Å². The van der Waals surface area contributed by atoms with E-state index in [1.165, 1.54) is 12.3 Å². The number of anilines is 1. The van der Waals surface area contributed by atoms with Gasteiger partial charge in [-0.1, -0.05) is 24.4 Å². The van der Waals surface area contributed by atoms with E-state index < -0.39 is 5.97 Å². The van der Waals surface area contributed by atoms with E-state index >= 15 is 0 Å². The average molecular weight is 239 g/mol. The molecule has 0 aromatic carbocycles. The molecule has 0 spiro atoms. The van der Waals surface area contributed by atoms with Gasteiger partial charge in [-0.05, 0) is 12.5 Å². The molecule has 2 N–H and O–H groups in total. The Kier molecular flexibility index (Phi) is 4.15. The fourth-order valence-electron chi connectivity index (χ4n) is 1.14. The van der Waals surface area contributed by atoms with Gasteiger partial charge in [-0.15, -0.1) is 6.42 Å². The fraction of sp³-hybridized carbons (Fsp3) is 0.273. The first-order valence-electron chi connectivity index (χ1n) is 4.70. The van der Waals surface area contributed by atoms with Crippen LogP contribution in [0.25, 0.3) is 0 Å². The maximum absolute atomic E-state index is 10.9. The first-order valence-corrected chi connectivity index (χ1v) is 5.07. The smallest absolute Gasteiger partial charge is 0.339 e. The van der Waals surface area contributed by atoms with Crippen LogP contribution in [0, 0.1) is 12.3 Å². The van der Waals surface area contributed by atoms with Crippen LogP contribution in [0.5, 0.6) is 0 Å². The highest BCUT2D eigenvalue weighted by molar-refractivity contribution is 6.30. The van der Waals surface area contributed by atoms with Crippen molar-refractivity contribution in [1.82, 2.24) is 4.98 Å². The van der Waals surface area contributed by atoms with Crippen molar-refractivity contribution < 1.29 is 9.90 Å². The molecule has 0 fully saturated rings. The highest BCUT2D eigenvalue weighted by Gasteiger charge is 2.14. The van der Waals surface area contributed by atoms with Crippen LogP contribution in [0.1, 0.15) is 23.7 Å². The van der Waals surface area contributed by atoms with Gasteiger partial charge in [0.2, 0.25) is 0 Å². The normalized spacial score (nSPS) is 11.6. The number of carbonyl (C=O) groups is 1. The molecule has 0 saturated carbocycles. The van der Waals surface area contributed by atoms with Crippen LogP contribution in [0.2, 0.25) is 5.02 Å².